The highest BCUT2D eigenvalue weighted by Crippen LogP contribution is 2.32. The fourth-order valence-electron chi connectivity index (χ4n) is 1.28. The van der Waals surface area contributed by atoms with Crippen molar-refractivity contribution in [3.05, 3.63) is 19.2 Å². The van der Waals surface area contributed by atoms with E-state index < -0.39 is 5.97 Å². The Hall–Kier alpha value is -0.400. The van der Waals surface area contributed by atoms with Gasteiger partial charge in [-0.15, -0.1) is 11.3 Å². The van der Waals surface area contributed by atoms with Gasteiger partial charge in [-0.3, -0.25) is 9.59 Å². The van der Waals surface area contributed by atoms with Crippen LogP contribution in [0.3, 0.4) is 0 Å². The average molecular weight is 399 g/mol. The largest absolute Gasteiger partial charge is 0.481 e. The van der Waals surface area contributed by atoms with Crippen LogP contribution in [-0.4, -0.2) is 23.5 Å². The van der Waals surface area contributed by atoms with Crippen molar-refractivity contribution in [2.75, 3.05) is 6.54 Å². The number of carbonyl (C=O) groups is 2. The summed E-state index contributed by atoms with van der Waals surface area (Å²) < 4.78 is 1.74. The Kier molecular flexibility index (Phi) is 6.31. The van der Waals surface area contributed by atoms with Gasteiger partial charge in [-0.05, 0) is 50.8 Å². The summed E-state index contributed by atoms with van der Waals surface area (Å²) in [6.07, 6.45) is 1.22. The number of rotatable bonds is 6. The summed E-state index contributed by atoms with van der Waals surface area (Å²) in [6, 6.07) is 1.75. The van der Waals surface area contributed by atoms with Crippen LogP contribution >= 0.6 is 43.2 Å². The summed E-state index contributed by atoms with van der Waals surface area (Å²) >= 11 is 8.00. The lowest BCUT2D eigenvalue weighted by Crippen LogP contribution is -2.24. The van der Waals surface area contributed by atoms with Gasteiger partial charge in [-0.2, -0.15) is 0 Å². The quantitative estimate of drug-likeness (QED) is 0.720. The minimum atomic E-state index is -0.799. The van der Waals surface area contributed by atoms with Gasteiger partial charge in [-0.1, -0.05) is 6.92 Å². The Morgan fingerprint density at radius 1 is 1.50 bits per heavy atom. The highest BCUT2D eigenvalue weighted by Gasteiger charge is 2.13. The van der Waals surface area contributed by atoms with E-state index in [9.17, 15) is 9.59 Å². The third-order valence-electron chi connectivity index (χ3n) is 2.39. The summed E-state index contributed by atoms with van der Waals surface area (Å²) in [4.78, 5) is 22.9. The third-order valence-corrected chi connectivity index (χ3v) is 5.64. The SMILES string of the molecule is CC(CCCNC(=O)c1cc(Br)c(Br)s1)C(=O)O. The number of halogens is 2. The van der Waals surface area contributed by atoms with Crippen LogP contribution in [0.25, 0.3) is 0 Å². The maximum absolute atomic E-state index is 11.7. The van der Waals surface area contributed by atoms with E-state index in [0.29, 0.717) is 24.3 Å². The predicted octanol–water partition coefficient (Wildman–Crippen LogP) is 3.50. The second-order valence-electron chi connectivity index (χ2n) is 3.87. The van der Waals surface area contributed by atoms with Crippen molar-refractivity contribution < 1.29 is 14.7 Å². The van der Waals surface area contributed by atoms with Gasteiger partial charge in [0, 0.05) is 11.0 Å². The molecule has 0 bridgehead atoms. The normalized spacial score (nSPS) is 12.2. The van der Waals surface area contributed by atoms with Crippen LogP contribution in [0.15, 0.2) is 14.3 Å². The van der Waals surface area contributed by atoms with Gasteiger partial charge in [0.1, 0.15) is 0 Å². The standard InChI is InChI=1S/C11H13Br2NO3S/c1-6(11(16)17)3-2-4-14-10(15)8-5-7(12)9(13)18-8/h5-6H,2-4H2,1H3,(H,14,15)(H,16,17). The molecule has 2 N–H and O–H groups in total. The van der Waals surface area contributed by atoms with Crippen molar-refractivity contribution in [3.8, 4) is 0 Å². The Balaban J connectivity index is 2.32. The Labute approximate surface area is 126 Å². The molecule has 1 aromatic rings. The molecule has 0 spiro atoms. The molecule has 0 aliphatic carbocycles. The van der Waals surface area contributed by atoms with Crippen LogP contribution in [0.2, 0.25) is 0 Å². The minimum Gasteiger partial charge on any atom is -0.481 e. The number of aliphatic carboxylic acids is 1. The maximum atomic E-state index is 11.7. The molecule has 1 atom stereocenters. The summed E-state index contributed by atoms with van der Waals surface area (Å²) in [5.41, 5.74) is 0. The molecule has 18 heavy (non-hydrogen) atoms. The van der Waals surface area contributed by atoms with Gasteiger partial charge in [0.15, 0.2) is 0 Å². The van der Waals surface area contributed by atoms with Crippen molar-refractivity contribution in [1.82, 2.24) is 5.32 Å². The van der Waals surface area contributed by atoms with Crippen LogP contribution < -0.4 is 5.32 Å². The number of nitrogens with one attached hydrogen (secondary N) is 1. The first kappa shape index (κ1) is 15.7. The van der Waals surface area contributed by atoms with E-state index in [1.165, 1.54) is 11.3 Å². The maximum Gasteiger partial charge on any atom is 0.306 e. The van der Waals surface area contributed by atoms with Crippen molar-refractivity contribution >= 4 is 55.1 Å². The van der Waals surface area contributed by atoms with E-state index in [-0.39, 0.29) is 11.8 Å². The molecule has 7 heteroatoms. The van der Waals surface area contributed by atoms with Crippen LogP contribution in [0.1, 0.15) is 29.4 Å². The number of carbonyl (C=O) groups excluding carboxylic acids is 1. The van der Waals surface area contributed by atoms with Crippen molar-refractivity contribution in [2.24, 2.45) is 5.92 Å². The molecule has 1 amide bonds. The molecule has 0 aliphatic heterocycles. The number of amides is 1. The second kappa shape index (κ2) is 7.25. The predicted molar refractivity (Wildman–Crippen MR) is 78.1 cm³/mol. The third kappa shape index (κ3) is 4.70. The molecule has 0 saturated carbocycles. The molecule has 1 aromatic heterocycles. The zero-order valence-electron chi connectivity index (χ0n) is 9.70. The minimum absolute atomic E-state index is 0.130. The summed E-state index contributed by atoms with van der Waals surface area (Å²) in [5.74, 6) is -1.30. The summed E-state index contributed by atoms with van der Waals surface area (Å²) in [7, 11) is 0. The molecule has 0 fully saturated rings. The Morgan fingerprint density at radius 2 is 2.17 bits per heavy atom. The monoisotopic (exact) mass is 397 g/mol. The fourth-order valence-corrected chi connectivity index (χ4v) is 3.23. The van der Waals surface area contributed by atoms with Crippen LogP contribution in [0.5, 0.6) is 0 Å². The van der Waals surface area contributed by atoms with E-state index in [1.807, 2.05) is 0 Å². The lowest BCUT2D eigenvalue weighted by Gasteiger charge is -2.06. The first-order chi connectivity index (χ1) is 8.41. The van der Waals surface area contributed by atoms with Crippen molar-refractivity contribution in [3.63, 3.8) is 0 Å². The van der Waals surface area contributed by atoms with Crippen LogP contribution in [0.4, 0.5) is 0 Å². The van der Waals surface area contributed by atoms with E-state index in [4.69, 9.17) is 5.11 Å². The van der Waals surface area contributed by atoms with Gasteiger partial charge in [-0.25, -0.2) is 0 Å². The molecule has 0 aromatic carbocycles. The number of hydrogen-bond acceptors (Lipinski definition) is 3. The van der Waals surface area contributed by atoms with Gasteiger partial charge in [0.25, 0.3) is 5.91 Å². The fraction of sp³-hybridized carbons (Fsp3) is 0.455. The number of carboxylic acids is 1. The zero-order chi connectivity index (χ0) is 13.7. The molecule has 1 unspecified atom stereocenters. The van der Waals surface area contributed by atoms with E-state index >= 15 is 0 Å². The molecule has 100 valence electrons. The molecule has 0 saturated heterocycles. The van der Waals surface area contributed by atoms with Gasteiger partial charge in [0.2, 0.25) is 0 Å². The molecule has 4 nitrogen and oxygen atoms in total. The number of carboxylic acid groups (broad SMARTS) is 1. The molecule has 1 rings (SSSR count). The van der Waals surface area contributed by atoms with Gasteiger partial charge >= 0.3 is 5.97 Å². The number of hydrogen-bond donors (Lipinski definition) is 2. The van der Waals surface area contributed by atoms with E-state index in [1.54, 1.807) is 13.0 Å². The first-order valence-corrected chi connectivity index (χ1v) is 7.78. The van der Waals surface area contributed by atoms with Gasteiger partial charge in [0.05, 0.1) is 14.6 Å². The van der Waals surface area contributed by atoms with Crippen LogP contribution in [0, 0.1) is 5.92 Å². The summed E-state index contributed by atoms with van der Waals surface area (Å²) in [5, 5.41) is 11.5. The topological polar surface area (TPSA) is 66.4 Å². The molecular weight excluding hydrogens is 386 g/mol. The average Bonchev–Trinajstić information content (AvgIpc) is 2.64. The van der Waals surface area contributed by atoms with Gasteiger partial charge < -0.3 is 10.4 Å². The smallest absolute Gasteiger partial charge is 0.306 e. The zero-order valence-corrected chi connectivity index (χ0v) is 13.7. The van der Waals surface area contributed by atoms with E-state index in [2.05, 4.69) is 37.2 Å². The van der Waals surface area contributed by atoms with E-state index in [0.717, 1.165) is 8.26 Å². The Morgan fingerprint density at radius 3 is 2.67 bits per heavy atom. The first-order valence-electron chi connectivity index (χ1n) is 5.37. The lowest BCUT2D eigenvalue weighted by molar-refractivity contribution is -0.141. The Bertz CT molecular complexity index is 428. The molecular formula is C11H13Br2NO3S. The molecule has 0 aliphatic rings. The summed E-state index contributed by atoms with van der Waals surface area (Å²) in [6.45, 7) is 2.15. The highest BCUT2D eigenvalue weighted by atomic mass is 79.9. The van der Waals surface area contributed by atoms with Crippen molar-refractivity contribution in [1.29, 1.82) is 0 Å². The van der Waals surface area contributed by atoms with Crippen molar-refractivity contribution in [2.45, 2.75) is 19.8 Å². The van der Waals surface area contributed by atoms with Crippen LogP contribution in [-0.2, 0) is 4.79 Å². The highest BCUT2D eigenvalue weighted by molar-refractivity contribution is 9.13. The lowest BCUT2D eigenvalue weighted by atomic mass is 10.1. The number of thiophene rings is 1. The molecule has 1 heterocycles. The second-order valence-corrected chi connectivity index (χ2v) is 7.09. The molecule has 0 radical (unpaired) electrons.